The van der Waals surface area contributed by atoms with Gasteiger partial charge in [0.2, 0.25) is 5.95 Å². The SMILES string of the molecule is CNc1nc(C)cc(Nc2cc(C)cc(Br)c2)n1. The minimum Gasteiger partial charge on any atom is -0.357 e. The van der Waals surface area contributed by atoms with Crippen molar-refractivity contribution in [2.24, 2.45) is 0 Å². The van der Waals surface area contributed by atoms with E-state index in [-0.39, 0.29) is 0 Å². The molecule has 1 aromatic carbocycles. The van der Waals surface area contributed by atoms with E-state index >= 15 is 0 Å². The molecular weight excluding hydrogens is 292 g/mol. The first kappa shape index (κ1) is 12.8. The van der Waals surface area contributed by atoms with Gasteiger partial charge in [-0.1, -0.05) is 15.9 Å². The van der Waals surface area contributed by atoms with Gasteiger partial charge in [0.05, 0.1) is 0 Å². The molecule has 2 aromatic rings. The molecule has 0 radical (unpaired) electrons. The second-order valence-electron chi connectivity index (χ2n) is 4.11. The van der Waals surface area contributed by atoms with E-state index in [4.69, 9.17) is 0 Å². The zero-order valence-corrected chi connectivity index (χ0v) is 12.2. The average Bonchev–Trinajstić information content (AvgIpc) is 2.26. The number of hydrogen-bond acceptors (Lipinski definition) is 4. The maximum Gasteiger partial charge on any atom is 0.224 e. The topological polar surface area (TPSA) is 49.8 Å². The fourth-order valence-corrected chi connectivity index (χ4v) is 2.31. The number of rotatable bonds is 3. The van der Waals surface area contributed by atoms with Crippen molar-refractivity contribution in [3.05, 3.63) is 40.0 Å². The van der Waals surface area contributed by atoms with Crippen LogP contribution in [0.4, 0.5) is 17.5 Å². The summed E-state index contributed by atoms with van der Waals surface area (Å²) < 4.78 is 1.05. The first-order valence-corrected chi connectivity index (χ1v) is 6.44. The Morgan fingerprint density at radius 2 is 1.83 bits per heavy atom. The molecular formula is C13H15BrN4. The molecule has 0 bridgehead atoms. The second-order valence-corrected chi connectivity index (χ2v) is 5.03. The second kappa shape index (κ2) is 5.35. The van der Waals surface area contributed by atoms with E-state index in [2.05, 4.69) is 55.6 Å². The number of benzene rings is 1. The molecule has 2 rings (SSSR count). The summed E-state index contributed by atoms with van der Waals surface area (Å²) in [5.74, 6) is 1.40. The Morgan fingerprint density at radius 3 is 2.50 bits per heavy atom. The summed E-state index contributed by atoms with van der Waals surface area (Å²) in [4.78, 5) is 8.62. The summed E-state index contributed by atoms with van der Waals surface area (Å²) >= 11 is 3.48. The summed E-state index contributed by atoms with van der Waals surface area (Å²) in [6.45, 7) is 4.00. The summed E-state index contributed by atoms with van der Waals surface area (Å²) in [6, 6.07) is 8.07. The number of anilines is 3. The van der Waals surface area contributed by atoms with E-state index in [1.807, 2.05) is 26.1 Å². The van der Waals surface area contributed by atoms with Gasteiger partial charge in [-0.3, -0.25) is 0 Å². The molecule has 0 spiro atoms. The predicted octanol–water partition coefficient (Wildman–Crippen LogP) is 3.64. The molecule has 0 aliphatic rings. The van der Waals surface area contributed by atoms with Gasteiger partial charge in [0, 0.05) is 29.0 Å². The van der Waals surface area contributed by atoms with Gasteiger partial charge in [-0.25, -0.2) is 4.98 Å². The molecule has 94 valence electrons. The van der Waals surface area contributed by atoms with Crippen LogP contribution in [-0.4, -0.2) is 17.0 Å². The fourth-order valence-electron chi connectivity index (χ4n) is 1.70. The molecule has 4 nitrogen and oxygen atoms in total. The van der Waals surface area contributed by atoms with Gasteiger partial charge >= 0.3 is 0 Å². The predicted molar refractivity (Wildman–Crippen MR) is 78.5 cm³/mol. The van der Waals surface area contributed by atoms with Crippen molar-refractivity contribution >= 4 is 33.4 Å². The van der Waals surface area contributed by atoms with Gasteiger partial charge in [0.15, 0.2) is 0 Å². The Bertz CT molecular complexity index is 549. The van der Waals surface area contributed by atoms with Crippen molar-refractivity contribution in [3.8, 4) is 0 Å². The van der Waals surface area contributed by atoms with Crippen molar-refractivity contribution < 1.29 is 0 Å². The Morgan fingerprint density at radius 1 is 1.06 bits per heavy atom. The number of aromatic nitrogens is 2. The molecule has 0 aliphatic carbocycles. The first-order valence-electron chi connectivity index (χ1n) is 5.64. The molecule has 0 saturated heterocycles. The third-order valence-corrected chi connectivity index (χ3v) is 2.85. The molecule has 0 saturated carbocycles. The standard InChI is InChI=1S/C13H15BrN4/c1-8-4-10(14)7-11(5-8)17-12-6-9(2)16-13(15-3)18-12/h4-7H,1-3H3,(H2,15,16,17,18). The van der Waals surface area contributed by atoms with Gasteiger partial charge in [-0.2, -0.15) is 4.98 Å². The molecule has 1 heterocycles. The highest BCUT2D eigenvalue weighted by molar-refractivity contribution is 9.10. The van der Waals surface area contributed by atoms with Crippen LogP contribution in [-0.2, 0) is 0 Å². The maximum atomic E-state index is 4.36. The molecule has 2 N–H and O–H groups in total. The normalized spacial score (nSPS) is 10.2. The van der Waals surface area contributed by atoms with Gasteiger partial charge < -0.3 is 10.6 Å². The van der Waals surface area contributed by atoms with Gasteiger partial charge in [0.1, 0.15) is 5.82 Å². The van der Waals surface area contributed by atoms with Gasteiger partial charge in [-0.15, -0.1) is 0 Å². The van der Waals surface area contributed by atoms with E-state index in [1.165, 1.54) is 5.56 Å². The van der Waals surface area contributed by atoms with Gasteiger partial charge in [-0.05, 0) is 37.6 Å². The van der Waals surface area contributed by atoms with Crippen molar-refractivity contribution in [2.75, 3.05) is 17.7 Å². The molecule has 1 aromatic heterocycles. The summed E-state index contributed by atoms with van der Waals surface area (Å²) in [7, 11) is 1.81. The molecule has 0 atom stereocenters. The zero-order valence-electron chi connectivity index (χ0n) is 10.6. The van der Waals surface area contributed by atoms with Gasteiger partial charge in [0.25, 0.3) is 0 Å². The maximum absolute atomic E-state index is 4.36. The third kappa shape index (κ3) is 3.20. The number of hydrogen-bond donors (Lipinski definition) is 2. The van der Waals surface area contributed by atoms with Crippen LogP contribution in [0.25, 0.3) is 0 Å². The largest absolute Gasteiger partial charge is 0.357 e. The van der Waals surface area contributed by atoms with Crippen LogP contribution in [0.1, 0.15) is 11.3 Å². The van der Waals surface area contributed by atoms with Crippen molar-refractivity contribution in [3.63, 3.8) is 0 Å². The number of nitrogens with one attached hydrogen (secondary N) is 2. The van der Waals surface area contributed by atoms with Crippen LogP contribution in [0, 0.1) is 13.8 Å². The summed E-state index contributed by atoms with van der Waals surface area (Å²) in [5.41, 5.74) is 3.11. The van der Waals surface area contributed by atoms with Crippen molar-refractivity contribution in [1.29, 1.82) is 0 Å². The van der Waals surface area contributed by atoms with E-state index in [1.54, 1.807) is 0 Å². The monoisotopic (exact) mass is 306 g/mol. The molecule has 0 unspecified atom stereocenters. The lowest BCUT2D eigenvalue weighted by atomic mass is 10.2. The highest BCUT2D eigenvalue weighted by Crippen LogP contribution is 2.22. The molecule has 18 heavy (non-hydrogen) atoms. The van der Waals surface area contributed by atoms with Crippen LogP contribution >= 0.6 is 15.9 Å². The summed E-state index contributed by atoms with van der Waals surface area (Å²) in [5, 5.41) is 6.23. The molecule has 0 fully saturated rings. The minimum absolute atomic E-state index is 0.615. The van der Waals surface area contributed by atoms with Crippen LogP contribution in [0.3, 0.4) is 0 Å². The average molecular weight is 307 g/mol. The Kier molecular flexibility index (Phi) is 3.81. The Balaban J connectivity index is 2.30. The Labute approximate surface area is 115 Å². The molecule has 5 heteroatoms. The zero-order chi connectivity index (χ0) is 13.1. The smallest absolute Gasteiger partial charge is 0.224 e. The lowest BCUT2D eigenvalue weighted by Gasteiger charge is -2.09. The van der Waals surface area contributed by atoms with Crippen molar-refractivity contribution in [2.45, 2.75) is 13.8 Å². The quantitative estimate of drug-likeness (QED) is 0.909. The highest BCUT2D eigenvalue weighted by atomic mass is 79.9. The lowest BCUT2D eigenvalue weighted by molar-refractivity contribution is 1.10. The summed E-state index contributed by atoms with van der Waals surface area (Å²) in [6.07, 6.45) is 0. The number of halogens is 1. The van der Waals surface area contributed by atoms with Crippen molar-refractivity contribution in [1.82, 2.24) is 9.97 Å². The Hall–Kier alpha value is -1.62. The number of nitrogens with zero attached hydrogens (tertiary/aromatic N) is 2. The first-order chi connectivity index (χ1) is 8.56. The highest BCUT2D eigenvalue weighted by Gasteiger charge is 2.02. The molecule has 0 aliphatic heterocycles. The van der Waals surface area contributed by atoms with Crippen LogP contribution in [0.5, 0.6) is 0 Å². The van der Waals surface area contributed by atoms with E-state index < -0.39 is 0 Å². The van der Waals surface area contributed by atoms with Crippen LogP contribution in [0.2, 0.25) is 0 Å². The van der Waals surface area contributed by atoms with Crippen LogP contribution in [0.15, 0.2) is 28.7 Å². The number of aryl methyl sites for hydroxylation is 2. The van der Waals surface area contributed by atoms with E-state index in [9.17, 15) is 0 Å². The van der Waals surface area contributed by atoms with E-state index in [0.717, 1.165) is 21.7 Å². The lowest BCUT2D eigenvalue weighted by Crippen LogP contribution is -2.02. The fraction of sp³-hybridized carbons (Fsp3) is 0.231. The minimum atomic E-state index is 0.615. The third-order valence-electron chi connectivity index (χ3n) is 2.39. The molecule has 0 amide bonds. The van der Waals surface area contributed by atoms with Crippen LogP contribution < -0.4 is 10.6 Å². The van der Waals surface area contributed by atoms with E-state index in [0.29, 0.717) is 5.95 Å².